The maximum absolute atomic E-state index is 11.4. The van der Waals surface area contributed by atoms with E-state index in [0.29, 0.717) is 19.5 Å². The number of carbonyl (C=O) groups is 1. The maximum atomic E-state index is 11.4. The quantitative estimate of drug-likeness (QED) is 0.899. The van der Waals surface area contributed by atoms with Gasteiger partial charge in [0.25, 0.3) is 0 Å². The Bertz CT molecular complexity index is 398. The predicted octanol–water partition coefficient (Wildman–Crippen LogP) is 1.91. The molecule has 0 spiro atoms. The van der Waals surface area contributed by atoms with Crippen molar-refractivity contribution >= 4 is 21.8 Å². The molecule has 0 aliphatic rings. The minimum absolute atomic E-state index is 0.00755. The van der Waals surface area contributed by atoms with Crippen LogP contribution in [-0.2, 0) is 11.3 Å². The van der Waals surface area contributed by atoms with Crippen molar-refractivity contribution in [3.63, 3.8) is 0 Å². The van der Waals surface area contributed by atoms with Gasteiger partial charge in [-0.25, -0.2) is 0 Å². The fourth-order valence-electron chi connectivity index (χ4n) is 1.39. The van der Waals surface area contributed by atoms with Crippen molar-refractivity contribution in [1.29, 1.82) is 0 Å². The van der Waals surface area contributed by atoms with Crippen molar-refractivity contribution in [2.45, 2.75) is 26.8 Å². The van der Waals surface area contributed by atoms with Crippen LogP contribution in [0.15, 0.2) is 17.1 Å². The number of amides is 1. The van der Waals surface area contributed by atoms with Crippen molar-refractivity contribution < 1.29 is 4.79 Å². The molecule has 0 radical (unpaired) electrons. The first kappa shape index (κ1) is 13.0. The minimum Gasteiger partial charge on any atom is -0.351 e. The van der Waals surface area contributed by atoms with Gasteiger partial charge in [0.1, 0.15) is 0 Å². The van der Waals surface area contributed by atoms with Crippen LogP contribution in [0.2, 0.25) is 0 Å². The molecule has 16 heavy (non-hydrogen) atoms. The number of halogens is 1. The van der Waals surface area contributed by atoms with Gasteiger partial charge in [0.2, 0.25) is 5.91 Å². The van der Waals surface area contributed by atoms with E-state index in [1.807, 2.05) is 24.6 Å². The zero-order chi connectivity index (χ0) is 12.1. The van der Waals surface area contributed by atoms with Gasteiger partial charge in [0, 0.05) is 29.7 Å². The van der Waals surface area contributed by atoms with Crippen LogP contribution in [-0.4, -0.2) is 22.2 Å². The number of nitrogens with one attached hydrogen (secondary N) is 1. The molecule has 0 atom stereocenters. The average Bonchev–Trinajstić information content (AvgIpc) is 2.51. The summed E-state index contributed by atoms with van der Waals surface area (Å²) in [5.41, 5.74) is 2.06. The van der Waals surface area contributed by atoms with Crippen molar-refractivity contribution in [2.75, 3.05) is 6.54 Å². The van der Waals surface area contributed by atoms with Gasteiger partial charge in [-0.1, -0.05) is 22.5 Å². The number of aryl methyl sites for hydroxylation is 3. The molecule has 0 fully saturated rings. The molecule has 0 aliphatic heterocycles. The van der Waals surface area contributed by atoms with Crippen LogP contribution < -0.4 is 5.32 Å². The van der Waals surface area contributed by atoms with Gasteiger partial charge in [0.05, 0.1) is 5.69 Å². The van der Waals surface area contributed by atoms with E-state index in [0.717, 1.165) is 15.9 Å². The van der Waals surface area contributed by atoms with Crippen LogP contribution in [0.4, 0.5) is 0 Å². The molecule has 0 saturated carbocycles. The molecule has 1 heterocycles. The van der Waals surface area contributed by atoms with Crippen molar-refractivity contribution in [2.24, 2.45) is 0 Å². The van der Waals surface area contributed by atoms with Gasteiger partial charge in [-0.2, -0.15) is 5.10 Å². The van der Waals surface area contributed by atoms with Crippen LogP contribution in [0.1, 0.15) is 17.8 Å². The third-order valence-electron chi connectivity index (χ3n) is 2.13. The molecule has 1 aromatic rings. The van der Waals surface area contributed by atoms with Crippen LogP contribution in [0, 0.1) is 13.8 Å². The summed E-state index contributed by atoms with van der Waals surface area (Å²) in [4.78, 5) is 11.4. The Morgan fingerprint density at radius 2 is 2.31 bits per heavy atom. The van der Waals surface area contributed by atoms with E-state index in [1.54, 1.807) is 0 Å². The second-order valence-electron chi connectivity index (χ2n) is 3.69. The van der Waals surface area contributed by atoms with Crippen LogP contribution in [0.5, 0.6) is 0 Å². The first-order valence-electron chi connectivity index (χ1n) is 5.10. The molecular weight excluding hydrogens is 270 g/mol. The van der Waals surface area contributed by atoms with Crippen LogP contribution in [0.25, 0.3) is 0 Å². The highest BCUT2D eigenvalue weighted by Gasteiger charge is 2.04. The van der Waals surface area contributed by atoms with Crippen molar-refractivity contribution in [3.05, 3.63) is 28.5 Å². The lowest BCUT2D eigenvalue weighted by atomic mass is 10.3. The molecule has 1 N–H and O–H groups in total. The molecule has 1 aromatic heterocycles. The fourth-order valence-corrected chi connectivity index (χ4v) is 1.53. The molecule has 0 saturated heterocycles. The first-order valence-corrected chi connectivity index (χ1v) is 5.89. The summed E-state index contributed by atoms with van der Waals surface area (Å²) in [5, 5.41) is 7.04. The molecule has 0 unspecified atom stereocenters. The average molecular weight is 286 g/mol. The molecule has 4 nitrogen and oxygen atoms in total. The Morgan fingerprint density at radius 3 is 2.81 bits per heavy atom. The van der Waals surface area contributed by atoms with Gasteiger partial charge in [-0.05, 0) is 19.9 Å². The zero-order valence-corrected chi connectivity index (χ0v) is 11.2. The standard InChI is InChI=1S/C11H16BrN3O/c1-8(12)7-13-11(16)4-5-15-10(3)6-9(2)14-15/h6H,1,4-5,7H2,2-3H3,(H,13,16). The van der Waals surface area contributed by atoms with Crippen LogP contribution >= 0.6 is 15.9 Å². The molecule has 0 bridgehead atoms. The second kappa shape index (κ2) is 5.84. The van der Waals surface area contributed by atoms with E-state index in [1.165, 1.54) is 0 Å². The Balaban J connectivity index is 2.37. The number of hydrogen-bond acceptors (Lipinski definition) is 2. The van der Waals surface area contributed by atoms with Gasteiger partial charge in [0.15, 0.2) is 0 Å². The molecular formula is C11H16BrN3O. The van der Waals surface area contributed by atoms with Gasteiger partial charge < -0.3 is 5.32 Å². The van der Waals surface area contributed by atoms with E-state index >= 15 is 0 Å². The Kier molecular flexibility index (Phi) is 4.73. The summed E-state index contributed by atoms with van der Waals surface area (Å²) in [7, 11) is 0. The SMILES string of the molecule is C=C(Br)CNC(=O)CCn1nc(C)cc1C. The summed E-state index contributed by atoms with van der Waals surface area (Å²) in [5.74, 6) is 0.00755. The summed E-state index contributed by atoms with van der Waals surface area (Å²) in [6.45, 7) is 8.65. The number of carbonyl (C=O) groups excluding carboxylic acids is 1. The van der Waals surface area contributed by atoms with Crippen molar-refractivity contribution in [3.8, 4) is 0 Å². The zero-order valence-electron chi connectivity index (χ0n) is 9.59. The molecule has 0 aromatic carbocycles. The number of nitrogens with zero attached hydrogens (tertiary/aromatic N) is 2. The van der Waals surface area contributed by atoms with E-state index in [-0.39, 0.29) is 5.91 Å². The molecule has 5 heteroatoms. The van der Waals surface area contributed by atoms with E-state index < -0.39 is 0 Å². The Labute approximate surface area is 104 Å². The van der Waals surface area contributed by atoms with Crippen LogP contribution in [0.3, 0.4) is 0 Å². The highest BCUT2D eigenvalue weighted by atomic mass is 79.9. The monoisotopic (exact) mass is 285 g/mol. The van der Waals surface area contributed by atoms with Gasteiger partial charge >= 0.3 is 0 Å². The second-order valence-corrected chi connectivity index (χ2v) is 4.82. The Hall–Kier alpha value is -1.10. The maximum Gasteiger partial charge on any atom is 0.222 e. The minimum atomic E-state index is 0.00755. The third-order valence-corrected chi connectivity index (χ3v) is 2.41. The highest BCUT2D eigenvalue weighted by molar-refractivity contribution is 9.11. The lowest BCUT2D eigenvalue weighted by Gasteiger charge is -2.05. The number of hydrogen-bond donors (Lipinski definition) is 1. The van der Waals surface area contributed by atoms with Gasteiger partial charge in [-0.15, -0.1) is 0 Å². The number of aromatic nitrogens is 2. The Morgan fingerprint density at radius 1 is 1.62 bits per heavy atom. The molecule has 88 valence electrons. The summed E-state index contributed by atoms with van der Waals surface area (Å²) in [6.07, 6.45) is 0.433. The highest BCUT2D eigenvalue weighted by Crippen LogP contribution is 2.03. The lowest BCUT2D eigenvalue weighted by molar-refractivity contribution is -0.121. The third kappa shape index (κ3) is 4.18. The smallest absolute Gasteiger partial charge is 0.222 e. The normalized spacial score (nSPS) is 10.2. The summed E-state index contributed by atoms with van der Waals surface area (Å²) < 4.78 is 2.62. The predicted molar refractivity (Wildman–Crippen MR) is 67.4 cm³/mol. The van der Waals surface area contributed by atoms with Crippen molar-refractivity contribution in [1.82, 2.24) is 15.1 Å². The molecule has 1 amide bonds. The largest absolute Gasteiger partial charge is 0.351 e. The topological polar surface area (TPSA) is 46.9 Å². The first-order chi connectivity index (χ1) is 7.49. The van der Waals surface area contributed by atoms with E-state index in [4.69, 9.17) is 0 Å². The summed E-state index contributed by atoms with van der Waals surface area (Å²) >= 11 is 3.19. The lowest BCUT2D eigenvalue weighted by Crippen LogP contribution is -2.25. The molecule has 1 rings (SSSR count). The van der Waals surface area contributed by atoms with E-state index in [9.17, 15) is 4.79 Å². The number of rotatable bonds is 5. The van der Waals surface area contributed by atoms with Gasteiger partial charge in [-0.3, -0.25) is 9.48 Å². The molecule has 0 aliphatic carbocycles. The van der Waals surface area contributed by atoms with E-state index in [2.05, 4.69) is 32.9 Å². The summed E-state index contributed by atoms with van der Waals surface area (Å²) in [6, 6.07) is 2.00. The fraction of sp³-hybridized carbons (Fsp3) is 0.455.